The third-order valence-corrected chi connectivity index (χ3v) is 7.86. The maximum absolute atomic E-state index is 13.0. The number of carbonyl (C=O) groups is 1. The highest BCUT2D eigenvalue weighted by atomic mass is 35.5. The van der Waals surface area contributed by atoms with Crippen LogP contribution >= 0.6 is 23.2 Å². The Kier molecular flexibility index (Phi) is 7.13. The third kappa shape index (κ3) is 4.67. The van der Waals surface area contributed by atoms with Crippen LogP contribution in [0.25, 0.3) is 0 Å². The largest absolute Gasteiger partial charge is 0.497 e. The van der Waals surface area contributed by atoms with Crippen LogP contribution in [0.15, 0.2) is 41.3 Å². The molecule has 2 aromatic rings. The standard InChI is InChI=1S/C20H22Cl2N2O5S/c1-28-14-6-7-18(29-2)17(12-14)23-20(25)13-8-10-24(11-9-13)30(26,27)19-15(21)4-3-5-16(19)22/h3-7,12-13H,8-11H2,1-2H3,(H,23,25). The number of anilines is 1. The molecule has 30 heavy (non-hydrogen) atoms. The van der Waals surface area contributed by atoms with Crippen LogP contribution in [0.1, 0.15) is 12.8 Å². The van der Waals surface area contributed by atoms with Crippen molar-refractivity contribution in [2.24, 2.45) is 5.92 Å². The van der Waals surface area contributed by atoms with Gasteiger partial charge in [-0.3, -0.25) is 4.79 Å². The van der Waals surface area contributed by atoms with Gasteiger partial charge in [0.05, 0.1) is 30.0 Å². The van der Waals surface area contributed by atoms with E-state index in [1.54, 1.807) is 24.3 Å². The first-order valence-corrected chi connectivity index (χ1v) is 11.4. The van der Waals surface area contributed by atoms with E-state index in [0.717, 1.165) is 0 Å². The van der Waals surface area contributed by atoms with Gasteiger partial charge < -0.3 is 14.8 Å². The zero-order chi connectivity index (χ0) is 21.9. The molecule has 162 valence electrons. The first kappa shape index (κ1) is 22.7. The summed E-state index contributed by atoms with van der Waals surface area (Å²) in [6.45, 7) is 0.383. The first-order valence-electron chi connectivity index (χ1n) is 9.25. The number of amides is 1. The van der Waals surface area contributed by atoms with E-state index in [1.807, 2.05) is 0 Å². The lowest BCUT2D eigenvalue weighted by atomic mass is 9.97. The van der Waals surface area contributed by atoms with E-state index >= 15 is 0 Å². The molecule has 1 amide bonds. The highest BCUT2D eigenvalue weighted by molar-refractivity contribution is 7.89. The molecule has 1 aliphatic heterocycles. The molecule has 0 aromatic heterocycles. The normalized spacial score (nSPS) is 15.6. The van der Waals surface area contributed by atoms with Crippen LogP contribution in [0.4, 0.5) is 5.69 Å². The molecule has 2 aromatic carbocycles. The topological polar surface area (TPSA) is 84.9 Å². The van der Waals surface area contributed by atoms with Gasteiger partial charge in [-0.1, -0.05) is 29.3 Å². The maximum atomic E-state index is 13.0. The van der Waals surface area contributed by atoms with E-state index in [-0.39, 0.29) is 39.9 Å². The Morgan fingerprint density at radius 1 is 1.07 bits per heavy atom. The van der Waals surface area contributed by atoms with Crippen molar-refractivity contribution >= 4 is 44.8 Å². The Morgan fingerprint density at radius 3 is 2.27 bits per heavy atom. The molecule has 1 saturated heterocycles. The van der Waals surface area contributed by atoms with E-state index < -0.39 is 10.0 Å². The van der Waals surface area contributed by atoms with Gasteiger partial charge in [-0.2, -0.15) is 4.31 Å². The molecule has 1 N–H and O–H groups in total. The van der Waals surface area contributed by atoms with Gasteiger partial charge in [-0.25, -0.2) is 8.42 Å². The number of methoxy groups -OCH3 is 2. The Bertz CT molecular complexity index is 1020. The molecule has 0 spiro atoms. The molecule has 0 bridgehead atoms. The molecule has 3 rings (SSSR count). The number of ether oxygens (including phenoxy) is 2. The van der Waals surface area contributed by atoms with Crippen molar-refractivity contribution in [1.29, 1.82) is 0 Å². The molecule has 0 unspecified atom stereocenters. The summed E-state index contributed by atoms with van der Waals surface area (Å²) in [6.07, 6.45) is 0.749. The number of hydrogen-bond acceptors (Lipinski definition) is 5. The minimum absolute atomic E-state index is 0.0764. The average molecular weight is 473 g/mol. The van der Waals surface area contributed by atoms with Crippen LogP contribution in [0.5, 0.6) is 11.5 Å². The number of nitrogens with one attached hydrogen (secondary N) is 1. The second-order valence-electron chi connectivity index (χ2n) is 6.78. The highest BCUT2D eigenvalue weighted by Gasteiger charge is 2.34. The number of rotatable bonds is 6. The minimum Gasteiger partial charge on any atom is -0.497 e. The smallest absolute Gasteiger partial charge is 0.246 e. The van der Waals surface area contributed by atoms with Gasteiger partial charge in [0.15, 0.2) is 0 Å². The monoisotopic (exact) mass is 472 g/mol. The third-order valence-electron chi connectivity index (χ3n) is 5.01. The average Bonchev–Trinajstić information content (AvgIpc) is 2.73. The zero-order valence-corrected chi connectivity index (χ0v) is 18.9. The summed E-state index contributed by atoms with van der Waals surface area (Å²) in [5.74, 6) is 0.560. The van der Waals surface area contributed by atoms with Crippen molar-refractivity contribution in [3.63, 3.8) is 0 Å². The number of piperidine rings is 1. The van der Waals surface area contributed by atoms with E-state index in [0.29, 0.717) is 30.0 Å². The fourth-order valence-electron chi connectivity index (χ4n) is 3.36. The van der Waals surface area contributed by atoms with Gasteiger partial charge in [-0.15, -0.1) is 0 Å². The van der Waals surface area contributed by atoms with Crippen LogP contribution < -0.4 is 14.8 Å². The number of halogens is 2. The van der Waals surface area contributed by atoms with Gasteiger partial charge in [-0.05, 0) is 37.1 Å². The van der Waals surface area contributed by atoms with Crippen molar-refractivity contribution in [2.45, 2.75) is 17.7 Å². The molecule has 0 atom stereocenters. The number of nitrogens with zero attached hydrogens (tertiary/aromatic N) is 1. The van der Waals surface area contributed by atoms with Crippen LogP contribution in [0.2, 0.25) is 10.0 Å². The van der Waals surface area contributed by atoms with Gasteiger partial charge in [0.25, 0.3) is 0 Å². The molecule has 1 fully saturated rings. The van der Waals surface area contributed by atoms with Gasteiger partial charge in [0.1, 0.15) is 16.4 Å². The molecule has 10 heteroatoms. The van der Waals surface area contributed by atoms with E-state index in [9.17, 15) is 13.2 Å². The van der Waals surface area contributed by atoms with E-state index in [2.05, 4.69) is 5.32 Å². The molecular weight excluding hydrogens is 451 g/mol. The summed E-state index contributed by atoms with van der Waals surface area (Å²) in [5, 5.41) is 3.01. The Morgan fingerprint density at radius 2 is 1.70 bits per heavy atom. The summed E-state index contributed by atoms with van der Waals surface area (Å²) in [5.41, 5.74) is 0.500. The highest BCUT2D eigenvalue weighted by Crippen LogP contribution is 2.34. The van der Waals surface area contributed by atoms with Crippen molar-refractivity contribution in [1.82, 2.24) is 4.31 Å². The van der Waals surface area contributed by atoms with Gasteiger partial charge >= 0.3 is 0 Å². The van der Waals surface area contributed by atoms with Crippen LogP contribution in [-0.4, -0.2) is 45.9 Å². The Balaban J connectivity index is 1.69. The zero-order valence-electron chi connectivity index (χ0n) is 16.5. The van der Waals surface area contributed by atoms with Gasteiger partial charge in [0.2, 0.25) is 15.9 Å². The van der Waals surface area contributed by atoms with E-state index in [4.69, 9.17) is 32.7 Å². The number of sulfonamides is 1. The van der Waals surface area contributed by atoms with Crippen LogP contribution in [-0.2, 0) is 14.8 Å². The number of hydrogen-bond donors (Lipinski definition) is 1. The fourth-order valence-corrected chi connectivity index (χ4v) is 5.92. The molecule has 0 radical (unpaired) electrons. The van der Waals surface area contributed by atoms with Crippen molar-refractivity contribution < 1.29 is 22.7 Å². The van der Waals surface area contributed by atoms with Crippen molar-refractivity contribution in [3.8, 4) is 11.5 Å². The fraction of sp³-hybridized carbons (Fsp3) is 0.350. The second kappa shape index (κ2) is 9.43. The summed E-state index contributed by atoms with van der Waals surface area (Å²) in [6, 6.07) is 9.68. The predicted octanol–water partition coefficient (Wildman–Crippen LogP) is 4.05. The first-order chi connectivity index (χ1) is 14.3. The SMILES string of the molecule is COc1ccc(OC)c(NC(=O)C2CCN(S(=O)(=O)c3c(Cl)cccc3Cl)CC2)c1. The molecule has 1 heterocycles. The number of benzene rings is 2. The Hall–Kier alpha value is -2.00. The van der Waals surface area contributed by atoms with E-state index in [1.165, 1.54) is 30.7 Å². The van der Waals surface area contributed by atoms with Gasteiger partial charge in [0, 0.05) is 25.1 Å². The Labute approximate surface area is 185 Å². The summed E-state index contributed by atoms with van der Waals surface area (Å²) in [7, 11) is -0.799. The summed E-state index contributed by atoms with van der Waals surface area (Å²) >= 11 is 12.2. The van der Waals surface area contributed by atoms with Crippen LogP contribution in [0.3, 0.4) is 0 Å². The molecule has 0 aliphatic carbocycles. The molecule has 1 aliphatic rings. The second-order valence-corrected chi connectivity index (χ2v) is 9.47. The lowest BCUT2D eigenvalue weighted by molar-refractivity contribution is -0.120. The van der Waals surface area contributed by atoms with Crippen molar-refractivity contribution in [3.05, 3.63) is 46.4 Å². The predicted molar refractivity (Wildman–Crippen MR) is 116 cm³/mol. The lowest BCUT2D eigenvalue weighted by Gasteiger charge is -2.31. The molecule has 0 saturated carbocycles. The van der Waals surface area contributed by atoms with Crippen molar-refractivity contribution in [2.75, 3.05) is 32.6 Å². The lowest BCUT2D eigenvalue weighted by Crippen LogP contribution is -2.41. The maximum Gasteiger partial charge on any atom is 0.246 e. The van der Waals surface area contributed by atoms with Crippen LogP contribution in [0, 0.1) is 5.92 Å². The molecule has 7 nitrogen and oxygen atoms in total. The quantitative estimate of drug-likeness (QED) is 0.685. The summed E-state index contributed by atoms with van der Waals surface area (Å²) in [4.78, 5) is 12.7. The minimum atomic E-state index is -3.85. The summed E-state index contributed by atoms with van der Waals surface area (Å²) < 4.78 is 37.7. The molecular formula is C20H22Cl2N2O5S. The number of carbonyl (C=O) groups excluding carboxylic acids is 1.